The molecule has 14 fully saturated rings. The molecular formula is C85H165N21O7. The summed E-state index contributed by atoms with van der Waals surface area (Å²) in [6, 6.07) is 0. The third-order valence-corrected chi connectivity index (χ3v) is 25.6. The molecule has 28 heteroatoms. The number of carbonyl (C=O) groups is 7. The summed E-state index contributed by atoms with van der Waals surface area (Å²) in [5.41, 5.74) is 0. The van der Waals surface area contributed by atoms with Gasteiger partial charge in [-0.25, -0.2) is 0 Å². The molecule has 0 aliphatic carbocycles. The van der Waals surface area contributed by atoms with E-state index in [1.54, 1.807) is 0 Å². The van der Waals surface area contributed by atoms with E-state index < -0.39 is 0 Å². The largest absolute Gasteiger partial charge is 0.342 e. The first-order valence-corrected chi connectivity index (χ1v) is 45.1. The fraction of sp³-hybridized carbons (Fsp3) is 0.918. The van der Waals surface area contributed by atoms with E-state index >= 15 is 0 Å². The molecule has 14 aliphatic rings. The van der Waals surface area contributed by atoms with Crippen LogP contribution in [-0.2, 0) is 33.6 Å². The maximum Gasteiger partial charge on any atom is 0.236 e. The summed E-state index contributed by atoms with van der Waals surface area (Å²) in [6.45, 7) is 47.9. The number of likely N-dealkylation sites (N-methyl/N-ethyl adjacent to an activating group) is 7. The van der Waals surface area contributed by atoms with Crippen LogP contribution in [0, 0.1) is 0 Å². The average molecular weight is 1590 g/mol. The van der Waals surface area contributed by atoms with Crippen molar-refractivity contribution < 1.29 is 33.6 Å². The molecule has 0 atom stereocenters. The Labute approximate surface area is 686 Å². The van der Waals surface area contributed by atoms with Gasteiger partial charge in [0.25, 0.3) is 0 Å². The van der Waals surface area contributed by atoms with E-state index in [-0.39, 0.29) is 7.43 Å². The van der Waals surface area contributed by atoms with Gasteiger partial charge >= 0.3 is 0 Å². The van der Waals surface area contributed by atoms with Gasteiger partial charge < -0.3 is 68.6 Å². The van der Waals surface area contributed by atoms with Gasteiger partial charge in [-0.3, -0.25) is 67.9 Å². The van der Waals surface area contributed by atoms with E-state index in [0.29, 0.717) is 87.2 Å². The Bertz CT molecular complexity index is 2100. The second kappa shape index (κ2) is 54.7. The Balaban J connectivity index is 0.000000182. The van der Waals surface area contributed by atoms with Gasteiger partial charge in [0, 0.05) is 275 Å². The lowest BCUT2D eigenvalue weighted by Crippen LogP contribution is -2.49. The molecule has 14 rings (SSSR count). The highest BCUT2D eigenvalue weighted by Crippen LogP contribution is 2.17. The lowest BCUT2D eigenvalue weighted by Gasteiger charge is -2.34. The van der Waals surface area contributed by atoms with Crippen LogP contribution in [0.5, 0.6) is 0 Å². The zero-order valence-corrected chi connectivity index (χ0v) is 72.2. The predicted octanol–water partition coefficient (Wildman–Crippen LogP) is 2.36. The zero-order chi connectivity index (χ0) is 79.7. The molecule has 0 aromatic carbocycles. The van der Waals surface area contributed by atoms with E-state index in [4.69, 9.17) is 0 Å². The van der Waals surface area contributed by atoms with Crippen LogP contribution in [0.3, 0.4) is 0 Å². The number of rotatable bonds is 14. The quantitative estimate of drug-likeness (QED) is 0.247. The molecule has 0 radical (unpaired) electrons. The molecule has 7 amide bonds. The van der Waals surface area contributed by atoms with Gasteiger partial charge in [0.2, 0.25) is 41.4 Å². The van der Waals surface area contributed by atoms with Crippen molar-refractivity contribution in [3.05, 3.63) is 0 Å². The highest BCUT2D eigenvalue weighted by atomic mass is 16.2. The van der Waals surface area contributed by atoms with Crippen molar-refractivity contribution in [1.29, 1.82) is 0 Å². The minimum absolute atomic E-state index is 0. The van der Waals surface area contributed by atoms with Crippen LogP contribution >= 0.6 is 0 Å². The average Bonchev–Trinajstić information content (AvgIpc) is 0.913. The molecule has 113 heavy (non-hydrogen) atoms. The minimum atomic E-state index is 0. The zero-order valence-electron chi connectivity index (χ0n) is 72.2. The Kier molecular flexibility index (Phi) is 46.4. The Morgan fingerprint density at radius 2 is 0.230 bits per heavy atom. The summed E-state index contributed by atoms with van der Waals surface area (Å²) in [6.07, 6.45) is 25.7. The molecule has 652 valence electrons. The summed E-state index contributed by atoms with van der Waals surface area (Å²) in [7, 11) is 15.0. The van der Waals surface area contributed by atoms with Crippen LogP contribution in [0.1, 0.15) is 142 Å². The molecule has 0 spiro atoms. The van der Waals surface area contributed by atoms with E-state index in [0.717, 1.165) is 275 Å². The van der Waals surface area contributed by atoms with Crippen molar-refractivity contribution in [2.75, 3.05) is 370 Å². The van der Waals surface area contributed by atoms with E-state index in [1.807, 2.05) is 34.3 Å². The van der Waals surface area contributed by atoms with Crippen LogP contribution in [0.15, 0.2) is 0 Å². The van der Waals surface area contributed by atoms with Crippen LogP contribution in [0.25, 0.3) is 0 Å². The molecule has 0 saturated carbocycles. The van der Waals surface area contributed by atoms with Gasteiger partial charge in [-0.2, -0.15) is 0 Å². The van der Waals surface area contributed by atoms with Gasteiger partial charge in [0.1, 0.15) is 0 Å². The summed E-state index contributed by atoms with van der Waals surface area (Å²) in [4.78, 5) is 131. The predicted molar refractivity (Wildman–Crippen MR) is 457 cm³/mol. The van der Waals surface area contributed by atoms with Gasteiger partial charge in [-0.15, -0.1) is 0 Å². The van der Waals surface area contributed by atoms with Crippen molar-refractivity contribution in [1.82, 2.24) is 103 Å². The third-order valence-electron chi connectivity index (χ3n) is 25.6. The molecule has 14 aliphatic heterocycles. The second-order valence-electron chi connectivity index (χ2n) is 35.1. The number of likely N-dealkylation sites (tertiary alicyclic amines) is 7. The normalized spacial score (nSPS) is 24.5. The number of nitrogens with zero attached hydrogens (tertiary/aromatic N) is 21. The molecule has 0 aromatic heterocycles. The monoisotopic (exact) mass is 1590 g/mol. The van der Waals surface area contributed by atoms with E-state index in [1.165, 1.54) is 135 Å². The number of piperazine rings is 7. The summed E-state index contributed by atoms with van der Waals surface area (Å²) in [5, 5.41) is 0. The molecule has 0 unspecified atom stereocenters. The molecule has 14 heterocycles. The van der Waals surface area contributed by atoms with Crippen molar-refractivity contribution >= 4 is 41.4 Å². The van der Waals surface area contributed by atoms with E-state index in [9.17, 15) is 33.6 Å². The van der Waals surface area contributed by atoms with Crippen LogP contribution in [0.2, 0.25) is 0 Å². The topological polar surface area (TPSA) is 188 Å². The SMILES string of the molecule is C.CN1CCN(CC(=O)N2CCCCC2)CC1.CN1CCN(CC(=O)N2CCCCC2)CC1.CN1CCN(CC(=O)N2CCCCC2)CC1.CN1CCN(CC(=O)N2CCCCC2)CC1.CN1CCN(CC(=O)N2CCCCC2)CC1.CN1CCN(CC(=O)N2CCCCC2)CC1.CN1CCN(CC(=O)N2CCCCC2)CC1. The van der Waals surface area contributed by atoms with E-state index in [2.05, 4.69) is 118 Å². The molecule has 14 saturated heterocycles. The number of hydrogen-bond donors (Lipinski definition) is 0. The number of amides is 7. The first-order chi connectivity index (χ1) is 54.3. The van der Waals surface area contributed by atoms with Crippen molar-refractivity contribution in [3.63, 3.8) is 0 Å². The lowest BCUT2D eigenvalue weighted by atomic mass is 10.1. The fourth-order valence-corrected chi connectivity index (χ4v) is 17.1. The first kappa shape index (κ1) is 95.9. The molecule has 0 aromatic rings. The van der Waals surface area contributed by atoms with Gasteiger partial charge in [-0.1, -0.05) is 7.43 Å². The van der Waals surface area contributed by atoms with Crippen LogP contribution in [0.4, 0.5) is 0 Å². The third kappa shape index (κ3) is 38.1. The van der Waals surface area contributed by atoms with Gasteiger partial charge in [0.15, 0.2) is 0 Å². The number of piperidine rings is 7. The highest BCUT2D eigenvalue weighted by Gasteiger charge is 2.29. The maximum atomic E-state index is 12.0. The second-order valence-corrected chi connectivity index (χ2v) is 35.1. The van der Waals surface area contributed by atoms with Crippen LogP contribution in [-0.4, -0.2) is 514 Å². The maximum absolute atomic E-state index is 12.0. The standard InChI is InChI=1S/7C12H23N3O.CH4/c7*1-13-7-9-14(10-8-13)11-12(16)15-5-3-2-4-6-15;/h7*2-11H2,1H3;1H4. The van der Waals surface area contributed by atoms with Gasteiger partial charge in [0.05, 0.1) is 45.8 Å². The summed E-state index contributed by atoms with van der Waals surface area (Å²) >= 11 is 0. The van der Waals surface area contributed by atoms with Crippen molar-refractivity contribution in [3.8, 4) is 0 Å². The van der Waals surface area contributed by atoms with Gasteiger partial charge in [-0.05, 0) is 184 Å². The Morgan fingerprint density at radius 3 is 0.319 bits per heavy atom. The van der Waals surface area contributed by atoms with Crippen molar-refractivity contribution in [2.24, 2.45) is 0 Å². The lowest BCUT2D eigenvalue weighted by molar-refractivity contribution is -0.134. The smallest absolute Gasteiger partial charge is 0.236 e. The van der Waals surface area contributed by atoms with Crippen LogP contribution < -0.4 is 0 Å². The Morgan fingerprint density at radius 1 is 0.142 bits per heavy atom. The van der Waals surface area contributed by atoms with Crippen molar-refractivity contribution in [2.45, 2.75) is 142 Å². The molecule has 0 N–H and O–H groups in total. The number of carbonyl (C=O) groups excluding carboxylic acids is 7. The molecule has 0 bridgehead atoms. The first-order valence-electron chi connectivity index (χ1n) is 45.1. The molecule has 28 nitrogen and oxygen atoms in total. The highest BCUT2D eigenvalue weighted by molar-refractivity contribution is 5.81. The fourth-order valence-electron chi connectivity index (χ4n) is 17.1. The molecular weight excluding hydrogens is 1430 g/mol. The summed E-state index contributed by atoms with van der Waals surface area (Å²) in [5.74, 6) is 2.36. The Hall–Kier alpha value is -4.27. The number of hydrogen-bond acceptors (Lipinski definition) is 21. The minimum Gasteiger partial charge on any atom is -0.342 e. The summed E-state index contributed by atoms with van der Waals surface area (Å²) < 4.78 is 0.